The molecule has 6 heteroatoms. The largest absolute Gasteiger partial charge is 0.510 e. The molecule has 144 valence electrons. The first kappa shape index (κ1) is 18.0. The zero-order valence-electron chi connectivity index (χ0n) is 16.0. The molecule has 2 heterocycles. The topological polar surface area (TPSA) is 59.6 Å². The van der Waals surface area contributed by atoms with Crippen LogP contribution in [0.25, 0.3) is 11.8 Å². The van der Waals surface area contributed by atoms with Crippen molar-refractivity contribution in [3.63, 3.8) is 0 Å². The van der Waals surface area contributed by atoms with Gasteiger partial charge in [0.1, 0.15) is 23.9 Å². The third-order valence-electron chi connectivity index (χ3n) is 4.88. The summed E-state index contributed by atoms with van der Waals surface area (Å²) in [6.45, 7) is 3.32. The van der Waals surface area contributed by atoms with Crippen LogP contribution in [0.5, 0.6) is 5.75 Å². The molecule has 0 saturated carbocycles. The van der Waals surface area contributed by atoms with Crippen molar-refractivity contribution < 1.29 is 9.84 Å². The number of aliphatic hydroxyl groups is 1. The lowest BCUT2D eigenvalue weighted by molar-refractivity contribution is 0.306. The van der Waals surface area contributed by atoms with Gasteiger partial charge in [-0.15, -0.1) is 0 Å². The monoisotopic (exact) mass is 377 g/mol. The molecule has 28 heavy (non-hydrogen) atoms. The maximum atomic E-state index is 13.0. The molecule has 2 aromatic carbocycles. The van der Waals surface area contributed by atoms with Gasteiger partial charge in [-0.25, -0.2) is 9.36 Å². The van der Waals surface area contributed by atoms with Crippen LogP contribution in [0.1, 0.15) is 18.2 Å². The number of rotatable bonds is 5. The van der Waals surface area contributed by atoms with E-state index in [1.807, 2.05) is 73.5 Å². The molecule has 1 aliphatic rings. The van der Waals surface area contributed by atoms with Crippen molar-refractivity contribution in [3.05, 3.63) is 82.1 Å². The van der Waals surface area contributed by atoms with Gasteiger partial charge < -0.3 is 14.7 Å². The Labute approximate surface area is 163 Å². The van der Waals surface area contributed by atoms with E-state index in [0.29, 0.717) is 19.7 Å². The maximum Gasteiger partial charge on any atom is 0.334 e. The predicted molar refractivity (Wildman–Crippen MR) is 110 cm³/mol. The standard InChI is InChI=1S/C22H23N3O3/c1-3-24-20-13-18(26)14-23(2)21(20)25(22(24)27)17-9-11-19(12-10-17)28-15-16-7-5-4-6-8-16/h4-13,26H,3,14-15H2,1-2H3. The SMILES string of the molecule is CCn1c2c(n(-c3ccc(OCc4ccccc4)cc3)c1=O)N(C)CC(O)=C2. The van der Waals surface area contributed by atoms with Crippen LogP contribution in [0.15, 0.2) is 65.2 Å². The molecule has 3 aromatic rings. The lowest BCUT2D eigenvalue weighted by Gasteiger charge is -2.24. The molecule has 1 aliphatic heterocycles. The maximum absolute atomic E-state index is 13.0. The van der Waals surface area contributed by atoms with Crippen molar-refractivity contribution in [2.45, 2.75) is 20.1 Å². The van der Waals surface area contributed by atoms with E-state index in [2.05, 4.69) is 0 Å². The highest BCUT2D eigenvalue weighted by Gasteiger charge is 2.26. The highest BCUT2D eigenvalue weighted by atomic mass is 16.5. The van der Waals surface area contributed by atoms with Crippen LogP contribution in [-0.4, -0.2) is 27.8 Å². The first-order chi connectivity index (χ1) is 13.6. The summed E-state index contributed by atoms with van der Waals surface area (Å²) >= 11 is 0. The van der Waals surface area contributed by atoms with E-state index < -0.39 is 0 Å². The number of benzene rings is 2. The van der Waals surface area contributed by atoms with E-state index >= 15 is 0 Å². The average molecular weight is 377 g/mol. The molecule has 0 bridgehead atoms. The van der Waals surface area contributed by atoms with E-state index in [1.165, 1.54) is 0 Å². The van der Waals surface area contributed by atoms with Crippen LogP contribution >= 0.6 is 0 Å². The smallest absolute Gasteiger partial charge is 0.334 e. The number of anilines is 1. The Hall–Kier alpha value is -3.41. The molecule has 0 spiro atoms. The van der Waals surface area contributed by atoms with Gasteiger partial charge in [0.15, 0.2) is 0 Å². The molecule has 6 nitrogen and oxygen atoms in total. The summed E-state index contributed by atoms with van der Waals surface area (Å²) in [7, 11) is 1.87. The Kier molecular flexibility index (Phi) is 4.69. The Morgan fingerprint density at radius 3 is 2.46 bits per heavy atom. The van der Waals surface area contributed by atoms with Crippen molar-refractivity contribution in [2.75, 3.05) is 18.5 Å². The molecule has 0 radical (unpaired) electrons. The molecular formula is C22H23N3O3. The molecular weight excluding hydrogens is 354 g/mol. The van der Waals surface area contributed by atoms with Crippen molar-refractivity contribution in [3.8, 4) is 11.4 Å². The number of ether oxygens (including phenoxy) is 1. The van der Waals surface area contributed by atoms with Gasteiger partial charge in [-0.3, -0.25) is 4.57 Å². The fraction of sp³-hybridized carbons (Fsp3) is 0.227. The lowest BCUT2D eigenvalue weighted by Crippen LogP contribution is -2.27. The normalized spacial score (nSPS) is 13.2. The first-order valence-corrected chi connectivity index (χ1v) is 9.32. The minimum atomic E-state index is -0.122. The van der Waals surface area contributed by atoms with Crippen LogP contribution < -0.4 is 15.3 Å². The highest BCUT2D eigenvalue weighted by Crippen LogP contribution is 2.29. The van der Waals surface area contributed by atoms with Crippen molar-refractivity contribution in [1.82, 2.24) is 9.13 Å². The predicted octanol–water partition coefficient (Wildman–Crippen LogP) is 3.59. The lowest BCUT2D eigenvalue weighted by atomic mass is 10.2. The van der Waals surface area contributed by atoms with Crippen LogP contribution in [-0.2, 0) is 13.2 Å². The molecule has 0 aliphatic carbocycles. The second-order valence-corrected chi connectivity index (χ2v) is 6.83. The van der Waals surface area contributed by atoms with E-state index in [0.717, 1.165) is 28.5 Å². The summed E-state index contributed by atoms with van der Waals surface area (Å²) in [6, 6.07) is 17.5. The van der Waals surface area contributed by atoms with Gasteiger partial charge in [-0.2, -0.15) is 0 Å². The number of hydrogen-bond acceptors (Lipinski definition) is 4. The van der Waals surface area contributed by atoms with Gasteiger partial charge in [-0.05, 0) is 36.8 Å². The zero-order valence-corrected chi connectivity index (χ0v) is 16.0. The molecule has 0 unspecified atom stereocenters. The first-order valence-electron chi connectivity index (χ1n) is 9.32. The summed E-state index contributed by atoms with van der Waals surface area (Å²) in [5, 5.41) is 9.98. The molecule has 1 N–H and O–H groups in total. The van der Waals surface area contributed by atoms with Gasteiger partial charge in [0.05, 0.1) is 17.9 Å². The molecule has 1 aromatic heterocycles. The van der Waals surface area contributed by atoms with Gasteiger partial charge in [0.2, 0.25) is 0 Å². The van der Waals surface area contributed by atoms with Crippen LogP contribution in [0.2, 0.25) is 0 Å². The van der Waals surface area contributed by atoms with E-state index in [1.54, 1.807) is 15.2 Å². The second-order valence-electron chi connectivity index (χ2n) is 6.83. The van der Waals surface area contributed by atoms with E-state index in [-0.39, 0.29) is 11.4 Å². The summed E-state index contributed by atoms with van der Waals surface area (Å²) in [5.41, 5.74) is 2.47. The number of likely N-dealkylation sites (N-methyl/N-ethyl adjacent to an activating group) is 1. The highest BCUT2D eigenvalue weighted by molar-refractivity contribution is 5.69. The number of hydrogen-bond donors (Lipinski definition) is 1. The van der Waals surface area contributed by atoms with Crippen molar-refractivity contribution in [2.24, 2.45) is 0 Å². The third-order valence-corrected chi connectivity index (χ3v) is 4.88. The molecule has 4 rings (SSSR count). The van der Waals surface area contributed by atoms with Gasteiger partial charge in [0, 0.05) is 19.7 Å². The second kappa shape index (κ2) is 7.31. The van der Waals surface area contributed by atoms with Gasteiger partial charge in [0.25, 0.3) is 0 Å². The van der Waals surface area contributed by atoms with Crippen molar-refractivity contribution >= 4 is 11.9 Å². The van der Waals surface area contributed by atoms with Crippen LogP contribution in [0.3, 0.4) is 0 Å². The van der Waals surface area contributed by atoms with E-state index in [9.17, 15) is 9.90 Å². The van der Waals surface area contributed by atoms with Gasteiger partial charge >= 0.3 is 5.69 Å². The van der Waals surface area contributed by atoms with Crippen LogP contribution in [0.4, 0.5) is 5.82 Å². The quantitative estimate of drug-likeness (QED) is 0.738. The molecule has 0 fully saturated rings. The van der Waals surface area contributed by atoms with Crippen molar-refractivity contribution in [1.29, 1.82) is 0 Å². The summed E-state index contributed by atoms with van der Waals surface area (Å²) in [4.78, 5) is 14.9. The third kappa shape index (κ3) is 3.17. The molecule has 0 saturated heterocycles. The Balaban J connectivity index is 1.66. The number of aromatic nitrogens is 2. The molecule has 0 atom stereocenters. The summed E-state index contributed by atoms with van der Waals surface area (Å²) < 4.78 is 9.19. The average Bonchev–Trinajstić information content (AvgIpc) is 2.99. The van der Waals surface area contributed by atoms with E-state index in [4.69, 9.17) is 4.74 Å². The number of nitrogens with zero attached hydrogens (tertiary/aromatic N) is 3. The van der Waals surface area contributed by atoms with Gasteiger partial charge in [-0.1, -0.05) is 30.3 Å². The fourth-order valence-corrected chi connectivity index (χ4v) is 3.55. The summed E-state index contributed by atoms with van der Waals surface area (Å²) in [6.07, 6.45) is 1.67. The van der Waals surface area contributed by atoms with Crippen LogP contribution in [0, 0.1) is 0 Å². The zero-order chi connectivity index (χ0) is 19.7. The minimum Gasteiger partial charge on any atom is -0.510 e. The Morgan fingerprint density at radius 2 is 1.79 bits per heavy atom. The fourth-order valence-electron chi connectivity index (χ4n) is 3.55. The minimum absolute atomic E-state index is 0.122. The number of imidazole rings is 1. The molecule has 0 amide bonds. The number of fused-ring (bicyclic) bond motifs is 1. The summed E-state index contributed by atoms with van der Waals surface area (Å²) in [5.74, 6) is 1.77. The Morgan fingerprint density at radius 1 is 1.07 bits per heavy atom. The Bertz CT molecular complexity index is 1060. The number of aliphatic hydroxyl groups excluding tert-OH is 1.